The van der Waals surface area contributed by atoms with Crippen molar-refractivity contribution in [2.75, 3.05) is 18.0 Å². The molecule has 4 aliphatic rings. The number of benzene rings is 5. The average Bonchev–Trinajstić information content (AvgIpc) is 2.28. The molecule has 446 valence electrons. The number of aliphatic carboxylic acids is 1. The number of thioether (sulfide) groups is 1. The second-order valence-corrected chi connectivity index (χ2v) is 29.9. The molecule has 7 N–H and O–H groups in total. The summed E-state index contributed by atoms with van der Waals surface area (Å²) in [5, 5.41) is 15.2. The predicted octanol–water partition coefficient (Wildman–Crippen LogP) is 4.22. The topological polar surface area (TPSA) is 340 Å². The number of carboxylic acid groups (broad SMARTS) is 1. The van der Waals surface area contributed by atoms with Crippen LogP contribution in [0.25, 0.3) is 21.5 Å². The van der Waals surface area contributed by atoms with E-state index in [1.54, 1.807) is 74.5 Å². The number of unbranched alkanes of at least 4 members (excludes halogenated alkanes) is 2. The summed E-state index contributed by atoms with van der Waals surface area (Å²) in [5.74, 6) is -2.79. The Hall–Kier alpha value is -5.82. The summed E-state index contributed by atoms with van der Waals surface area (Å²) in [6.45, 7) is 13.5. The van der Waals surface area contributed by atoms with Crippen LogP contribution in [0.1, 0.15) is 96.9 Å². The summed E-state index contributed by atoms with van der Waals surface area (Å²) in [7, 11) is -19.9. The molecule has 4 atom stereocenters. The molecule has 0 aromatic heterocycles. The summed E-state index contributed by atoms with van der Waals surface area (Å²) in [5.41, 5.74) is 2.09. The van der Waals surface area contributed by atoms with Gasteiger partial charge < -0.3 is 25.5 Å². The minimum Gasteiger partial charge on any atom is -0.480 e. The number of nitrogens with zero attached hydrogens (tertiary/aromatic N) is 3. The van der Waals surface area contributed by atoms with Crippen molar-refractivity contribution in [1.82, 2.24) is 15.5 Å². The van der Waals surface area contributed by atoms with Crippen LogP contribution in [-0.4, -0.2) is 131 Å². The Labute approximate surface area is 518 Å². The Morgan fingerprint density at radius 2 is 1.28 bits per heavy atom. The van der Waals surface area contributed by atoms with E-state index >= 15 is 0 Å². The molecule has 4 heterocycles. The number of hydrogen-bond acceptors (Lipinski definition) is 14. The zero-order valence-corrected chi connectivity index (χ0v) is 53.5. The zero-order valence-electron chi connectivity index (χ0n) is 47.5. The van der Waals surface area contributed by atoms with Gasteiger partial charge in [-0.15, -0.1) is 11.8 Å². The van der Waals surface area contributed by atoms with E-state index in [0.717, 1.165) is 11.8 Å². The molecule has 22 nitrogen and oxygen atoms in total. The van der Waals surface area contributed by atoms with Gasteiger partial charge in [0, 0.05) is 69.4 Å². The first kappa shape index (κ1) is 65.2. The first-order valence-corrected chi connectivity index (χ1v) is 33.1. The third-order valence-corrected chi connectivity index (χ3v) is 21.0. The molecule has 0 radical (unpaired) electrons. The summed E-state index contributed by atoms with van der Waals surface area (Å²) in [4.78, 5) is 53.2. The first-order chi connectivity index (χ1) is 39.0. The molecule has 4 aliphatic heterocycles. The zero-order chi connectivity index (χ0) is 61.6. The first-order valence-electron chi connectivity index (χ1n) is 26.5. The molecule has 1 unspecified atom stereocenters. The van der Waals surface area contributed by atoms with Crippen LogP contribution >= 0.6 is 11.8 Å². The van der Waals surface area contributed by atoms with Crippen LogP contribution < -0.4 is 45.1 Å². The van der Waals surface area contributed by atoms with Gasteiger partial charge in [0.15, 0.2) is 5.71 Å². The minimum absolute atomic E-state index is 0. The van der Waals surface area contributed by atoms with Crippen molar-refractivity contribution >= 4 is 115 Å². The van der Waals surface area contributed by atoms with E-state index in [1.807, 2.05) is 56.2 Å². The number of fused-ring (bicyclic) bond motifs is 7. The second-order valence-electron chi connectivity index (χ2n) is 22.5. The summed E-state index contributed by atoms with van der Waals surface area (Å²) in [6, 6.07) is 15.1. The second kappa shape index (κ2) is 23.4. The fraction of sp³-hybridized carbons (Fsp3) is 0.351. The molecule has 5 aromatic carbocycles. The molecular formula is C57H62N5NaO17S5+2. The van der Waals surface area contributed by atoms with E-state index in [9.17, 15) is 76.2 Å². The molecule has 0 aliphatic carbocycles. The molecule has 5 aromatic rings. The monoisotopic (exact) mass is 1270 g/mol. The van der Waals surface area contributed by atoms with Gasteiger partial charge in [0.2, 0.25) is 23.4 Å². The standard InChI is InChI=1S/C57H61N5O17S5.Na/c1-8-60-39-25-23-35-37(28-33(81(68,69)70)30-41(35)83(74,75)76)46(39)55(2,3)43(60)20-14-10-15-21-44-56(4,5)47-38-29-34(82(71,72)73)31-42(84(77,78)79)36(38)24-26-40(47)61(44)27-17-11-16-22-45(63)58-48(32-18-12-9-13-19-32)51(64)59-49-52(65)62-50(54(66)67)57(6,7)80-53(49)62;/h9-10,12-15,18-21,23-26,28-31,48-50,53H,8,11,16-17,22,27H2,1-7H3,(H6-,58,59,63,64,66,67,68,69,70,71,72,73,74,75,76,77,78,79);/q;+1/p+1/t48?,49-,50+,53-;/m1./s1. The van der Waals surface area contributed by atoms with E-state index in [0.29, 0.717) is 78.3 Å². The SMILES string of the molecule is CCN1\C(=C/C=C/C=C/C2=[N+](CCCCCC(=O)NC(C(=O)N[C@@H]3C(=O)N4[C@@H]3SC(C)(C)[C@@H]4C(=O)O)c3ccccc3)c3ccc4c(S(=O)(=O)O)cc(S(=O)(=O)O)cc4c3C2(C)C)C(C)(C)c2c1ccc1c(S(=O)(=O)O)cc(S(=O)(=O)O)cc21.[Na+]. The molecule has 0 spiro atoms. The number of amides is 3. The number of β-lactam (4-membered cyclic amide) rings is 1. The van der Waals surface area contributed by atoms with Crippen LogP contribution in [0.2, 0.25) is 0 Å². The van der Waals surface area contributed by atoms with Crippen LogP contribution in [-0.2, 0) is 70.5 Å². The van der Waals surface area contributed by atoms with Crippen molar-refractivity contribution in [3.05, 3.63) is 132 Å². The maximum atomic E-state index is 13.9. The van der Waals surface area contributed by atoms with Gasteiger partial charge in [-0.3, -0.25) is 32.6 Å². The number of rotatable bonds is 19. The summed E-state index contributed by atoms with van der Waals surface area (Å²) >= 11 is 1.27. The molecule has 28 heteroatoms. The number of anilines is 1. The fourth-order valence-corrected chi connectivity index (χ4v) is 16.5. The van der Waals surface area contributed by atoms with Crippen molar-refractivity contribution in [2.45, 2.75) is 133 Å². The van der Waals surface area contributed by atoms with Gasteiger partial charge in [0.1, 0.15) is 39.8 Å². The number of carbonyl (C=O) groups is 4. The van der Waals surface area contributed by atoms with Crippen LogP contribution in [0.4, 0.5) is 11.4 Å². The fourth-order valence-electron chi connectivity index (χ4n) is 12.2. The predicted molar refractivity (Wildman–Crippen MR) is 314 cm³/mol. The van der Waals surface area contributed by atoms with Crippen LogP contribution in [0.5, 0.6) is 0 Å². The Morgan fingerprint density at radius 1 is 0.706 bits per heavy atom. The van der Waals surface area contributed by atoms with Gasteiger partial charge in [0.25, 0.3) is 40.5 Å². The number of nitrogens with one attached hydrogen (secondary N) is 2. The number of allylic oxidation sites excluding steroid dienone is 6. The molecule has 0 saturated carbocycles. The molecule has 85 heavy (non-hydrogen) atoms. The maximum absolute atomic E-state index is 13.9. The number of carbonyl (C=O) groups excluding carboxylic acids is 3. The normalized spacial score (nSPS) is 20.6. The summed E-state index contributed by atoms with van der Waals surface area (Å²) in [6.07, 6.45) is 10.2. The average molecular weight is 1270 g/mol. The number of hydrogen-bond donors (Lipinski definition) is 7. The Kier molecular flexibility index (Phi) is 17.9. The molecule has 2 fully saturated rings. The number of carboxylic acids is 1. The van der Waals surface area contributed by atoms with Crippen LogP contribution in [0.15, 0.2) is 135 Å². The van der Waals surface area contributed by atoms with Crippen molar-refractivity contribution in [3.8, 4) is 0 Å². The molecule has 2 saturated heterocycles. The van der Waals surface area contributed by atoms with Crippen molar-refractivity contribution in [3.63, 3.8) is 0 Å². The van der Waals surface area contributed by atoms with E-state index in [-0.39, 0.29) is 57.5 Å². The molecule has 9 rings (SSSR count). The van der Waals surface area contributed by atoms with E-state index in [2.05, 4.69) is 10.6 Å². The van der Waals surface area contributed by atoms with Gasteiger partial charge in [-0.05, 0) is 112 Å². The Balaban J connectivity index is 0.00000940. The minimum atomic E-state index is -5.04. The van der Waals surface area contributed by atoms with Crippen LogP contribution in [0, 0.1) is 0 Å². The largest absolute Gasteiger partial charge is 1.00 e. The van der Waals surface area contributed by atoms with Gasteiger partial charge >= 0.3 is 35.5 Å². The van der Waals surface area contributed by atoms with Gasteiger partial charge in [-0.1, -0.05) is 68.5 Å². The van der Waals surface area contributed by atoms with E-state index in [1.165, 1.54) is 34.9 Å². The Bertz CT molecular complexity index is 4260. The van der Waals surface area contributed by atoms with Crippen molar-refractivity contribution in [2.24, 2.45) is 0 Å². The Morgan fingerprint density at radius 3 is 1.84 bits per heavy atom. The number of likely N-dealkylation sites (N-methyl/N-ethyl adjacent to an activating group) is 1. The molecule has 3 amide bonds. The molecule has 0 bridgehead atoms. The van der Waals surface area contributed by atoms with Crippen molar-refractivity contribution < 1.29 is 110 Å². The van der Waals surface area contributed by atoms with Crippen LogP contribution in [0.3, 0.4) is 0 Å². The van der Waals surface area contributed by atoms with Gasteiger partial charge in [0.05, 0.1) is 15.2 Å². The van der Waals surface area contributed by atoms with E-state index < -0.39 is 123 Å². The molecular weight excluding hydrogens is 1210 g/mol. The van der Waals surface area contributed by atoms with Gasteiger partial charge in [-0.2, -0.15) is 38.2 Å². The quantitative estimate of drug-likeness (QED) is 0.0152. The summed E-state index contributed by atoms with van der Waals surface area (Å²) < 4.78 is 142. The third kappa shape index (κ3) is 12.2. The van der Waals surface area contributed by atoms with Crippen molar-refractivity contribution in [1.29, 1.82) is 0 Å². The van der Waals surface area contributed by atoms with E-state index in [4.69, 9.17) is 0 Å². The smallest absolute Gasteiger partial charge is 0.480 e. The van der Waals surface area contributed by atoms with Gasteiger partial charge in [-0.25, -0.2) is 4.79 Å². The third-order valence-electron chi connectivity index (χ3n) is 15.9. The maximum Gasteiger partial charge on any atom is 1.00 e.